The Bertz CT molecular complexity index is 257. The van der Waals surface area contributed by atoms with Crippen molar-refractivity contribution < 1.29 is 29.0 Å². The fraction of sp³-hybridized carbons (Fsp3) is 0.556. The molecule has 0 heterocycles. The third-order valence-electron chi connectivity index (χ3n) is 1.75. The van der Waals surface area contributed by atoms with Gasteiger partial charge < -0.3 is 14.6 Å². The summed E-state index contributed by atoms with van der Waals surface area (Å²) in [6, 6.07) is 0. The number of aliphatic hydroxyl groups excluding tert-OH is 1. The molecule has 1 N–H and O–H groups in total. The zero-order chi connectivity index (χ0) is 11.8. The van der Waals surface area contributed by atoms with Gasteiger partial charge in [0.2, 0.25) is 5.78 Å². The molecule has 84 valence electrons. The minimum atomic E-state index is -1.21. The van der Waals surface area contributed by atoms with Gasteiger partial charge in [-0.05, 0) is 6.92 Å². The lowest BCUT2D eigenvalue weighted by Gasteiger charge is -2.14. The van der Waals surface area contributed by atoms with Gasteiger partial charge in [-0.15, -0.1) is 0 Å². The number of ether oxygens (including phenoxy) is 1. The van der Waals surface area contributed by atoms with Gasteiger partial charge in [-0.1, -0.05) is 0 Å². The Morgan fingerprint density at radius 2 is 1.93 bits per heavy atom. The molecule has 0 rings (SSSR count). The molecular weight excluding hydrogens is 204 g/mol. The van der Waals surface area contributed by atoms with Crippen LogP contribution in [-0.4, -0.2) is 42.1 Å². The lowest BCUT2D eigenvalue weighted by molar-refractivity contribution is -0.158. The first-order valence-corrected chi connectivity index (χ1v) is 4.30. The molecule has 0 aliphatic heterocycles. The van der Waals surface area contributed by atoms with Crippen molar-refractivity contribution in [3.63, 3.8) is 0 Å². The highest BCUT2D eigenvalue weighted by Crippen LogP contribution is 2.09. The Hall–Kier alpha value is -1.56. The molecule has 2 atom stereocenters. The highest BCUT2D eigenvalue weighted by Gasteiger charge is 2.29. The molecule has 0 aliphatic rings. The number of esters is 1. The molecule has 0 bridgehead atoms. The number of hydrogen-bond donors (Lipinski definition) is 1. The smallest absolute Gasteiger partial charge is 0.375 e. The second-order valence-corrected chi connectivity index (χ2v) is 2.88. The van der Waals surface area contributed by atoms with Gasteiger partial charge in [-0.25, -0.2) is 4.79 Å². The molecule has 0 fully saturated rings. The fourth-order valence-electron chi connectivity index (χ4n) is 0.959. The Balaban J connectivity index is 4.41. The van der Waals surface area contributed by atoms with Gasteiger partial charge in [-0.3, -0.25) is 9.59 Å². The molecule has 0 amide bonds. The Morgan fingerprint density at radius 3 is 2.33 bits per heavy atom. The molecule has 2 unspecified atom stereocenters. The van der Waals surface area contributed by atoms with Crippen LogP contribution < -0.4 is 0 Å². The van der Waals surface area contributed by atoms with E-state index in [9.17, 15) is 19.2 Å². The largest absolute Gasteiger partial charge is 0.452 e. The predicted octanol–water partition coefficient (Wildman–Crippen LogP) is -1.12. The summed E-state index contributed by atoms with van der Waals surface area (Å²) in [5.41, 5.74) is 0. The molecule has 0 saturated heterocycles. The maximum absolute atomic E-state index is 11.3. The van der Waals surface area contributed by atoms with Crippen LogP contribution in [-0.2, 0) is 23.9 Å². The van der Waals surface area contributed by atoms with Crippen LogP contribution in [0.15, 0.2) is 0 Å². The summed E-state index contributed by atoms with van der Waals surface area (Å²) in [5.74, 6) is -3.32. The highest BCUT2D eigenvalue weighted by molar-refractivity contribution is 6.34. The van der Waals surface area contributed by atoms with E-state index in [4.69, 9.17) is 5.11 Å². The minimum absolute atomic E-state index is 0.257. The van der Waals surface area contributed by atoms with Crippen LogP contribution in [0.5, 0.6) is 0 Å². The van der Waals surface area contributed by atoms with Crippen molar-refractivity contribution in [1.82, 2.24) is 0 Å². The average Bonchev–Trinajstić information content (AvgIpc) is 2.21. The molecule has 6 heteroatoms. The third kappa shape index (κ3) is 4.46. The number of carbonyl (C=O) groups excluding carboxylic acids is 4. The highest BCUT2D eigenvalue weighted by atomic mass is 16.5. The van der Waals surface area contributed by atoms with Gasteiger partial charge in [-0.2, -0.15) is 0 Å². The zero-order valence-electron chi connectivity index (χ0n) is 8.21. The van der Waals surface area contributed by atoms with Crippen molar-refractivity contribution in [2.45, 2.75) is 19.4 Å². The van der Waals surface area contributed by atoms with Gasteiger partial charge in [0.25, 0.3) is 0 Å². The number of hydrogen-bond acceptors (Lipinski definition) is 6. The second-order valence-electron chi connectivity index (χ2n) is 2.88. The van der Waals surface area contributed by atoms with E-state index < -0.39 is 30.4 Å². The van der Waals surface area contributed by atoms with Crippen LogP contribution in [0.3, 0.4) is 0 Å². The SMILES string of the molecule is CC(O)C(CC=O)C(=O)C(=O)OCC=O. The van der Waals surface area contributed by atoms with E-state index in [2.05, 4.69) is 4.74 Å². The first kappa shape index (κ1) is 13.4. The van der Waals surface area contributed by atoms with E-state index >= 15 is 0 Å². The van der Waals surface area contributed by atoms with Crippen LogP contribution in [0.2, 0.25) is 0 Å². The Labute approximate surface area is 86.2 Å². The van der Waals surface area contributed by atoms with Gasteiger partial charge >= 0.3 is 5.97 Å². The van der Waals surface area contributed by atoms with E-state index in [0.717, 1.165) is 0 Å². The van der Waals surface area contributed by atoms with Gasteiger partial charge in [0, 0.05) is 6.42 Å². The Kier molecular flexibility index (Phi) is 6.12. The summed E-state index contributed by atoms with van der Waals surface area (Å²) < 4.78 is 4.25. The molecule has 15 heavy (non-hydrogen) atoms. The lowest BCUT2D eigenvalue weighted by atomic mass is 9.95. The zero-order valence-corrected chi connectivity index (χ0v) is 8.21. The van der Waals surface area contributed by atoms with Crippen molar-refractivity contribution in [2.75, 3.05) is 6.61 Å². The van der Waals surface area contributed by atoms with Crippen LogP contribution in [0.25, 0.3) is 0 Å². The summed E-state index contributed by atoms with van der Waals surface area (Å²) in [7, 11) is 0. The van der Waals surface area contributed by atoms with E-state index in [1.807, 2.05) is 0 Å². The summed E-state index contributed by atoms with van der Waals surface area (Å²) in [6.07, 6.45) is -0.622. The number of aliphatic hydroxyl groups is 1. The molecule has 0 aromatic rings. The lowest BCUT2D eigenvalue weighted by Crippen LogP contribution is -2.33. The van der Waals surface area contributed by atoms with Crippen molar-refractivity contribution in [3.8, 4) is 0 Å². The van der Waals surface area contributed by atoms with Gasteiger partial charge in [0.1, 0.15) is 12.9 Å². The number of ketones is 1. The number of Topliss-reactive ketones (excluding diaryl/α,β-unsaturated/α-hetero) is 1. The number of rotatable bonds is 7. The van der Waals surface area contributed by atoms with Crippen LogP contribution in [0.1, 0.15) is 13.3 Å². The van der Waals surface area contributed by atoms with E-state index in [-0.39, 0.29) is 6.42 Å². The normalized spacial score (nSPS) is 13.7. The van der Waals surface area contributed by atoms with Gasteiger partial charge in [0.15, 0.2) is 6.29 Å². The van der Waals surface area contributed by atoms with Crippen molar-refractivity contribution in [1.29, 1.82) is 0 Å². The first-order valence-electron chi connectivity index (χ1n) is 4.30. The van der Waals surface area contributed by atoms with Crippen molar-refractivity contribution in [3.05, 3.63) is 0 Å². The van der Waals surface area contributed by atoms with E-state index in [1.165, 1.54) is 6.92 Å². The summed E-state index contributed by atoms with van der Waals surface area (Å²) in [6.45, 7) is 0.775. The standard InChI is InChI=1S/C9H12O6/c1-6(12)7(2-3-10)8(13)9(14)15-5-4-11/h3-4,6-7,12H,2,5H2,1H3. The number of aldehydes is 2. The quantitative estimate of drug-likeness (QED) is 0.329. The average molecular weight is 216 g/mol. The molecule has 0 saturated carbocycles. The summed E-state index contributed by atoms with van der Waals surface area (Å²) >= 11 is 0. The van der Waals surface area contributed by atoms with Crippen LogP contribution in [0.4, 0.5) is 0 Å². The topological polar surface area (TPSA) is 97.7 Å². The predicted molar refractivity (Wildman–Crippen MR) is 47.9 cm³/mol. The molecular formula is C9H12O6. The molecule has 6 nitrogen and oxygen atoms in total. The third-order valence-corrected chi connectivity index (χ3v) is 1.75. The summed E-state index contributed by atoms with van der Waals surface area (Å²) in [5, 5.41) is 9.13. The monoisotopic (exact) mass is 216 g/mol. The fourth-order valence-corrected chi connectivity index (χ4v) is 0.959. The van der Waals surface area contributed by atoms with Crippen LogP contribution >= 0.6 is 0 Å². The first-order chi connectivity index (χ1) is 7.04. The van der Waals surface area contributed by atoms with E-state index in [1.54, 1.807) is 0 Å². The van der Waals surface area contributed by atoms with Crippen molar-refractivity contribution in [2.24, 2.45) is 5.92 Å². The van der Waals surface area contributed by atoms with Crippen LogP contribution in [0, 0.1) is 5.92 Å². The molecule has 0 aliphatic carbocycles. The maximum atomic E-state index is 11.3. The van der Waals surface area contributed by atoms with E-state index in [0.29, 0.717) is 12.6 Å². The second kappa shape index (κ2) is 6.83. The van der Waals surface area contributed by atoms with Crippen molar-refractivity contribution >= 4 is 24.3 Å². The number of carbonyl (C=O) groups is 4. The minimum Gasteiger partial charge on any atom is -0.452 e. The Morgan fingerprint density at radius 1 is 1.33 bits per heavy atom. The maximum Gasteiger partial charge on any atom is 0.375 e. The molecule has 0 radical (unpaired) electrons. The molecule has 0 spiro atoms. The summed E-state index contributed by atoms with van der Waals surface area (Å²) in [4.78, 5) is 42.3. The van der Waals surface area contributed by atoms with Gasteiger partial charge in [0.05, 0.1) is 12.0 Å². The molecule has 0 aromatic carbocycles. The molecule has 0 aromatic heterocycles.